The summed E-state index contributed by atoms with van der Waals surface area (Å²) in [6.07, 6.45) is 1.35. The molecule has 2 unspecified atom stereocenters. The second-order valence-corrected chi connectivity index (χ2v) is 8.07. The molecule has 0 aromatic carbocycles. The summed E-state index contributed by atoms with van der Waals surface area (Å²) in [7, 11) is -2.89. The monoisotopic (exact) mass is 402 g/mol. The van der Waals surface area contributed by atoms with Gasteiger partial charge in [0.1, 0.15) is 6.61 Å². The minimum Gasteiger partial charge on any atom is -0.502 e. The van der Waals surface area contributed by atoms with Gasteiger partial charge in [0.05, 0.1) is 12.3 Å². The van der Waals surface area contributed by atoms with E-state index in [1.54, 1.807) is 0 Å². The number of aryl methyl sites for hydroxylation is 1. The lowest BCUT2D eigenvalue weighted by atomic mass is 10.3. The Labute approximate surface area is 152 Å². The van der Waals surface area contributed by atoms with Crippen LogP contribution in [0.15, 0.2) is 20.2 Å². The van der Waals surface area contributed by atoms with Crippen molar-refractivity contribution < 1.29 is 33.3 Å². The highest BCUT2D eigenvalue weighted by atomic mass is 31.2. The first kappa shape index (κ1) is 19.4. The third kappa shape index (κ3) is 3.72. The summed E-state index contributed by atoms with van der Waals surface area (Å²) in [6, 6.07) is 0. The van der Waals surface area contributed by atoms with Crippen LogP contribution in [0.2, 0.25) is 0 Å². The van der Waals surface area contributed by atoms with Crippen molar-refractivity contribution in [3.63, 3.8) is 0 Å². The molecule has 0 aliphatic heterocycles. The Morgan fingerprint density at radius 3 is 2.67 bits per heavy atom. The number of aromatic nitrogens is 2. The molecular weight excluding hydrogens is 383 g/mol. The summed E-state index contributed by atoms with van der Waals surface area (Å²) >= 11 is 0. The average Bonchev–Trinajstić information content (AvgIpc) is 3.32. The van der Waals surface area contributed by atoms with E-state index in [4.69, 9.17) is 13.9 Å². The zero-order chi connectivity index (χ0) is 19.9. The molecule has 0 saturated heterocycles. The van der Waals surface area contributed by atoms with Gasteiger partial charge in [0.15, 0.2) is 5.76 Å². The Bertz CT molecular complexity index is 1020. The molecule has 27 heavy (non-hydrogen) atoms. The summed E-state index contributed by atoms with van der Waals surface area (Å²) in [5.74, 6) is -1.60. The van der Waals surface area contributed by atoms with Crippen molar-refractivity contribution in [2.75, 3.05) is 20.3 Å². The van der Waals surface area contributed by atoms with Crippen molar-refractivity contribution in [3.05, 3.63) is 38.4 Å². The highest BCUT2D eigenvalue weighted by Gasteiger charge is 2.54. The molecule has 2 heterocycles. The smallest absolute Gasteiger partial charge is 0.335 e. The SMILES string of the molecule is COCCOc1c(-n2cc(C)c(=O)[nH]c2=O)oc(C2CC2P(=O)(O)O)c1O. The fraction of sp³-hybridized carbons (Fsp3) is 0.467. The third-order valence-corrected chi connectivity index (χ3v) is 5.68. The summed E-state index contributed by atoms with van der Waals surface area (Å²) in [5, 5.41) is 10.5. The van der Waals surface area contributed by atoms with E-state index in [2.05, 4.69) is 4.98 Å². The van der Waals surface area contributed by atoms with Gasteiger partial charge in [-0.25, -0.2) is 9.36 Å². The molecule has 2 aromatic heterocycles. The van der Waals surface area contributed by atoms with Crippen LogP contribution < -0.4 is 16.0 Å². The maximum atomic E-state index is 12.2. The molecule has 1 aliphatic rings. The third-order valence-electron chi connectivity index (χ3n) is 4.25. The molecule has 1 fully saturated rings. The van der Waals surface area contributed by atoms with Gasteiger partial charge in [0, 0.05) is 24.8 Å². The molecule has 0 amide bonds. The minimum absolute atomic E-state index is 0.0275. The molecule has 0 spiro atoms. The van der Waals surface area contributed by atoms with Crippen molar-refractivity contribution in [2.24, 2.45) is 0 Å². The summed E-state index contributed by atoms with van der Waals surface area (Å²) < 4.78 is 28.3. The number of hydrogen-bond acceptors (Lipinski definition) is 7. The zero-order valence-corrected chi connectivity index (χ0v) is 15.4. The van der Waals surface area contributed by atoms with Crippen molar-refractivity contribution >= 4 is 7.60 Å². The van der Waals surface area contributed by atoms with E-state index >= 15 is 0 Å². The number of ether oxygens (including phenoxy) is 2. The predicted octanol–water partition coefficient (Wildman–Crippen LogP) is 0.192. The largest absolute Gasteiger partial charge is 0.502 e. The number of rotatable bonds is 7. The highest BCUT2D eigenvalue weighted by molar-refractivity contribution is 7.53. The van der Waals surface area contributed by atoms with E-state index in [0.717, 1.165) is 4.57 Å². The number of H-pyrrole nitrogens is 1. The van der Waals surface area contributed by atoms with Crippen LogP contribution >= 0.6 is 7.60 Å². The molecule has 2 atom stereocenters. The van der Waals surface area contributed by atoms with Crippen LogP contribution in [0.4, 0.5) is 0 Å². The van der Waals surface area contributed by atoms with Crippen molar-refractivity contribution in [1.29, 1.82) is 0 Å². The van der Waals surface area contributed by atoms with E-state index in [-0.39, 0.29) is 42.6 Å². The lowest BCUT2D eigenvalue weighted by Gasteiger charge is -2.07. The Hall–Kier alpha value is -2.33. The van der Waals surface area contributed by atoms with Gasteiger partial charge >= 0.3 is 13.3 Å². The predicted molar refractivity (Wildman–Crippen MR) is 91.9 cm³/mol. The molecule has 4 N–H and O–H groups in total. The molecule has 2 aromatic rings. The van der Waals surface area contributed by atoms with Gasteiger partial charge in [-0.1, -0.05) is 0 Å². The lowest BCUT2D eigenvalue weighted by molar-refractivity contribution is 0.144. The van der Waals surface area contributed by atoms with Gasteiger partial charge < -0.3 is 28.8 Å². The number of aromatic hydroxyl groups is 1. The van der Waals surface area contributed by atoms with Crippen LogP contribution in [-0.4, -0.2) is 50.4 Å². The van der Waals surface area contributed by atoms with Crippen LogP contribution in [0, 0.1) is 6.92 Å². The zero-order valence-electron chi connectivity index (χ0n) is 14.5. The summed E-state index contributed by atoms with van der Waals surface area (Å²) in [4.78, 5) is 44.5. The van der Waals surface area contributed by atoms with Crippen molar-refractivity contribution in [2.45, 2.75) is 24.9 Å². The number of methoxy groups -OCH3 is 1. The van der Waals surface area contributed by atoms with E-state index in [1.165, 1.54) is 20.2 Å². The number of furan rings is 1. The highest BCUT2D eigenvalue weighted by Crippen LogP contribution is 2.64. The Morgan fingerprint density at radius 1 is 1.37 bits per heavy atom. The Balaban J connectivity index is 2.08. The first-order chi connectivity index (χ1) is 12.6. The fourth-order valence-corrected chi connectivity index (χ4v) is 3.84. The summed E-state index contributed by atoms with van der Waals surface area (Å²) in [6.45, 7) is 1.70. The van der Waals surface area contributed by atoms with E-state index < -0.39 is 36.2 Å². The fourth-order valence-electron chi connectivity index (χ4n) is 2.73. The lowest BCUT2D eigenvalue weighted by Crippen LogP contribution is -2.29. The van der Waals surface area contributed by atoms with Gasteiger partial charge in [0.25, 0.3) is 11.4 Å². The maximum absolute atomic E-state index is 12.2. The number of nitrogens with one attached hydrogen (secondary N) is 1. The molecule has 1 saturated carbocycles. The normalized spacial score (nSPS) is 19.3. The maximum Gasteiger partial charge on any atom is 0.335 e. The molecule has 1 aliphatic carbocycles. The van der Waals surface area contributed by atoms with Crippen LogP contribution in [0.25, 0.3) is 5.88 Å². The van der Waals surface area contributed by atoms with Gasteiger partial charge in [-0.05, 0) is 13.3 Å². The summed E-state index contributed by atoms with van der Waals surface area (Å²) in [5.41, 5.74) is -2.14. The average molecular weight is 402 g/mol. The number of nitrogens with zero attached hydrogens (tertiary/aromatic N) is 1. The molecule has 12 heteroatoms. The first-order valence-corrected chi connectivity index (χ1v) is 9.68. The minimum atomic E-state index is -4.34. The topological polar surface area (TPSA) is 164 Å². The standard InChI is InChI=1S/C15H19N2O9P/c1-7-6-17(15(20)16-13(7)19)14-12(25-4-3-24-2)10(18)11(26-14)8-5-9(8)27(21,22)23/h6,8-9,18H,3-5H2,1-2H3,(H,16,19,20)(H2,21,22,23). The van der Waals surface area contributed by atoms with E-state index in [0.29, 0.717) is 0 Å². The Morgan fingerprint density at radius 2 is 2.07 bits per heavy atom. The molecule has 148 valence electrons. The van der Waals surface area contributed by atoms with Crippen molar-refractivity contribution in [1.82, 2.24) is 9.55 Å². The first-order valence-electron chi connectivity index (χ1n) is 8.00. The van der Waals surface area contributed by atoms with Crippen LogP contribution in [0.1, 0.15) is 23.7 Å². The second-order valence-electron chi connectivity index (χ2n) is 6.23. The van der Waals surface area contributed by atoms with Gasteiger partial charge in [-0.15, -0.1) is 0 Å². The Kier molecular flexibility index (Phi) is 5.04. The van der Waals surface area contributed by atoms with Gasteiger partial charge in [0.2, 0.25) is 11.5 Å². The van der Waals surface area contributed by atoms with E-state index in [1.807, 2.05) is 0 Å². The van der Waals surface area contributed by atoms with Crippen molar-refractivity contribution in [3.8, 4) is 17.4 Å². The number of aromatic amines is 1. The van der Waals surface area contributed by atoms with E-state index in [9.17, 15) is 29.0 Å². The number of hydrogen-bond donors (Lipinski definition) is 4. The quantitative estimate of drug-likeness (QED) is 0.374. The molecule has 3 rings (SSSR count). The second kappa shape index (κ2) is 7.01. The van der Waals surface area contributed by atoms with Gasteiger partial charge in [-0.2, -0.15) is 0 Å². The molecule has 11 nitrogen and oxygen atoms in total. The van der Waals surface area contributed by atoms with Gasteiger partial charge in [-0.3, -0.25) is 14.3 Å². The van der Waals surface area contributed by atoms with Crippen LogP contribution in [0.5, 0.6) is 11.5 Å². The van der Waals surface area contributed by atoms with Crippen LogP contribution in [0.3, 0.4) is 0 Å². The van der Waals surface area contributed by atoms with Crippen LogP contribution in [-0.2, 0) is 9.30 Å². The molecule has 0 bridgehead atoms. The molecule has 0 radical (unpaired) electrons. The molecular formula is C15H19N2O9P.